The second-order valence-electron chi connectivity index (χ2n) is 6.92. The summed E-state index contributed by atoms with van der Waals surface area (Å²) >= 11 is 1.74. The zero-order chi connectivity index (χ0) is 17.0. The number of rotatable bonds is 1. The first-order valence-corrected chi connectivity index (χ1v) is 9.71. The van der Waals surface area contributed by atoms with Crippen molar-refractivity contribution in [2.45, 2.75) is 32.2 Å². The van der Waals surface area contributed by atoms with Crippen molar-refractivity contribution in [1.29, 1.82) is 0 Å². The van der Waals surface area contributed by atoms with Gasteiger partial charge >= 0.3 is 0 Å². The third-order valence-corrected chi connectivity index (χ3v) is 6.52. The topological polar surface area (TPSA) is 29.1 Å². The Balaban J connectivity index is 1.82. The molecule has 0 radical (unpaired) electrons. The first kappa shape index (κ1) is 14.9. The highest BCUT2D eigenvalue weighted by molar-refractivity contribution is 7.10. The maximum absolute atomic E-state index is 12.9. The summed E-state index contributed by atoms with van der Waals surface area (Å²) in [6.45, 7) is 2.14. The van der Waals surface area contributed by atoms with Gasteiger partial charge in [-0.3, -0.25) is 4.79 Å². The van der Waals surface area contributed by atoms with Crippen LogP contribution in [0.4, 0.5) is 5.69 Å². The predicted molar refractivity (Wildman–Crippen MR) is 105 cm³/mol. The van der Waals surface area contributed by atoms with E-state index in [-0.39, 0.29) is 6.04 Å². The number of hydrogen-bond donors (Lipinski definition) is 1. The Morgan fingerprint density at radius 1 is 1.08 bits per heavy atom. The van der Waals surface area contributed by atoms with Crippen LogP contribution in [0.15, 0.2) is 53.4 Å². The molecule has 25 heavy (non-hydrogen) atoms. The number of allylic oxidation sites excluding steroid dienone is 1. The average Bonchev–Trinajstić information content (AvgIpc) is 3.06. The van der Waals surface area contributed by atoms with Gasteiger partial charge in [0, 0.05) is 28.1 Å². The monoisotopic (exact) mass is 345 g/mol. The van der Waals surface area contributed by atoms with E-state index in [2.05, 4.69) is 60.1 Å². The van der Waals surface area contributed by atoms with Crippen molar-refractivity contribution in [3.63, 3.8) is 0 Å². The molecule has 1 N–H and O–H groups in total. The first-order valence-electron chi connectivity index (χ1n) is 8.83. The lowest BCUT2D eigenvalue weighted by Crippen LogP contribution is -2.27. The molecule has 0 saturated carbocycles. The van der Waals surface area contributed by atoms with Crippen LogP contribution in [0, 0.1) is 6.92 Å². The summed E-state index contributed by atoms with van der Waals surface area (Å²) in [5.74, 6) is 0.310. The number of fused-ring (bicyclic) bond motifs is 4. The van der Waals surface area contributed by atoms with Gasteiger partial charge in [-0.25, -0.2) is 0 Å². The molecule has 0 amide bonds. The Bertz CT molecular complexity index is 1040. The van der Waals surface area contributed by atoms with Crippen molar-refractivity contribution >= 4 is 39.2 Å². The molecule has 1 atom stereocenters. The fourth-order valence-corrected chi connectivity index (χ4v) is 5.27. The van der Waals surface area contributed by atoms with E-state index in [4.69, 9.17) is 0 Å². The van der Waals surface area contributed by atoms with Gasteiger partial charge in [0.2, 0.25) is 0 Å². The van der Waals surface area contributed by atoms with Crippen LogP contribution in [0.1, 0.15) is 41.3 Å². The number of ketones is 1. The molecule has 0 fully saturated rings. The normalized spacial score (nSPS) is 19.6. The third-order valence-electron chi connectivity index (χ3n) is 5.44. The largest absolute Gasteiger partial charge is 0.373 e. The van der Waals surface area contributed by atoms with Crippen LogP contribution in [0.3, 0.4) is 0 Å². The molecule has 0 bridgehead atoms. The molecule has 1 aliphatic carbocycles. The molecule has 2 heterocycles. The highest BCUT2D eigenvalue weighted by atomic mass is 32.1. The van der Waals surface area contributed by atoms with Crippen molar-refractivity contribution in [2.24, 2.45) is 0 Å². The number of carbonyl (C=O) groups excluding carboxylic acids is 1. The highest BCUT2D eigenvalue weighted by Gasteiger charge is 2.35. The standard InChI is InChI=1S/C22H19NOS/c1-13-11-12-25-22(13)21-20-16(7-4-8-18(20)24)19-15-6-3-2-5-14(15)9-10-17(19)23-21/h2-3,5-6,9-12,21,23H,4,7-8H2,1H3. The Morgan fingerprint density at radius 2 is 1.96 bits per heavy atom. The summed E-state index contributed by atoms with van der Waals surface area (Å²) in [7, 11) is 0. The maximum Gasteiger partial charge on any atom is 0.161 e. The number of benzene rings is 2. The SMILES string of the molecule is Cc1ccsc1C1Nc2ccc3ccccc3c2C2=C1C(=O)CCC2. The summed E-state index contributed by atoms with van der Waals surface area (Å²) in [6, 6.07) is 15.0. The van der Waals surface area contributed by atoms with Crippen molar-refractivity contribution in [3.8, 4) is 0 Å². The van der Waals surface area contributed by atoms with Gasteiger partial charge in [-0.15, -0.1) is 11.3 Å². The quantitative estimate of drug-likeness (QED) is 0.596. The lowest BCUT2D eigenvalue weighted by molar-refractivity contribution is -0.116. The van der Waals surface area contributed by atoms with Crippen LogP contribution < -0.4 is 5.32 Å². The molecule has 2 nitrogen and oxygen atoms in total. The number of hydrogen-bond acceptors (Lipinski definition) is 3. The molecule has 0 saturated heterocycles. The lowest BCUT2D eigenvalue weighted by atomic mass is 9.78. The summed E-state index contributed by atoms with van der Waals surface area (Å²) in [4.78, 5) is 14.2. The van der Waals surface area contributed by atoms with E-state index in [0.29, 0.717) is 12.2 Å². The summed E-state index contributed by atoms with van der Waals surface area (Å²) in [6.07, 6.45) is 2.61. The number of aryl methyl sites for hydroxylation is 1. The molecule has 2 aromatic carbocycles. The minimum Gasteiger partial charge on any atom is -0.373 e. The van der Waals surface area contributed by atoms with Gasteiger partial charge in [0.1, 0.15) is 0 Å². The maximum atomic E-state index is 12.9. The molecular weight excluding hydrogens is 326 g/mol. The zero-order valence-electron chi connectivity index (χ0n) is 14.1. The molecular formula is C22H19NOS. The van der Waals surface area contributed by atoms with Crippen LogP contribution in [0.2, 0.25) is 0 Å². The van der Waals surface area contributed by atoms with E-state index in [1.807, 2.05) is 0 Å². The number of Topliss-reactive ketones (excluding diaryl/α,β-unsaturated/α-hetero) is 1. The molecule has 1 aliphatic heterocycles. The van der Waals surface area contributed by atoms with Gasteiger partial charge in [-0.05, 0) is 59.2 Å². The van der Waals surface area contributed by atoms with E-state index >= 15 is 0 Å². The Labute approximate surface area is 151 Å². The highest BCUT2D eigenvalue weighted by Crippen LogP contribution is 2.49. The first-order chi connectivity index (χ1) is 12.2. The Morgan fingerprint density at radius 3 is 2.80 bits per heavy atom. The summed E-state index contributed by atoms with van der Waals surface area (Å²) < 4.78 is 0. The van der Waals surface area contributed by atoms with Crippen LogP contribution in [-0.2, 0) is 4.79 Å². The minimum atomic E-state index is -0.00328. The fourth-order valence-electron chi connectivity index (χ4n) is 4.28. The van der Waals surface area contributed by atoms with Gasteiger partial charge < -0.3 is 5.32 Å². The van der Waals surface area contributed by atoms with E-state index in [1.54, 1.807) is 11.3 Å². The van der Waals surface area contributed by atoms with Crippen molar-refractivity contribution in [3.05, 3.63) is 69.4 Å². The second kappa shape index (κ2) is 5.57. The van der Waals surface area contributed by atoms with E-state index in [1.165, 1.54) is 32.3 Å². The summed E-state index contributed by atoms with van der Waals surface area (Å²) in [5, 5.41) is 8.30. The van der Waals surface area contributed by atoms with Crippen LogP contribution in [0.25, 0.3) is 16.3 Å². The van der Waals surface area contributed by atoms with Crippen LogP contribution >= 0.6 is 11.3 Å². The smallest absolute Gasteiger partial charge is 0.161 e. The van der Waals surface area contributed by atoms with E-state index in [0.717, 1.165) is 24.1 Å². The molecule has 3 aromatic rings. The molecule has 124 valence electrons. The van der Waals surface area contributed by atoms with Gasteiger partial charge in [0.25, 0.3) is 0 Å². The number of anilines is 1. The van der Waals surface area contributed by atoms with E-state index < -0.39 is 0 Å². The minimum absolute atomic E-state index is 0.00328. The summed E-state index contributed by atoms with van der Waals surface area (Å²) in [5.41, 5.74) is 5.92. The van der Waals surface area contributed by atoms with E-state index in [9.17, 15) is 4.79 Å². The van der Waals surface area contributed by atoms with Gasteiger partial charge in [-0.2, -0.15) is 0 Å². The number of carbonyl (C=O) groups is 1. The second-order valence-corrected chi connectivity index (χ2v) is 7.87. The van der Waals surface area contributed by atoms with Gasteiger partial charge in [-0.1, -0.05) is 30.3 Å². The van der Waals surface area contributed by atoms with Crippen molar-refractivity contribution in [2.75, 3.05) is 5.32 Å². The molecule has 3 heteroatoms. The zero-order valence-corrected chi connectivity index (χ0v) is 15.0. The molecule has 1 aromatic heterocycles. The molecule has 1 unspecified atom stereocenters. The van der Waals surface area contributed by atoms with Crippen LogP contribution in [-0.4, -0.2) is 5.78 Å². The Kier molecular flexibility index (Phi) is 3.32. The third kappa shape index (κ3) is 2.19. The van der Waals surface area contributed by atoms with Crippen molar-refractivity contribution < 1.29 is 4.79 Å². The van der Waals surface area contributed by atoms with Gasteiger partial charge in [0.05, 0.1) is 6.04 Å². The molecule has 5 rings (SSSR count). The average molecular weight is 345 g/mol. The lowest BCUT2D eigenvalue weighted by Gasteiger charge is -2.34. The number of nitrogens with one attached hydrogen (secondary N) is 1. The molecule has 2 aliphatic rings. The Hall–Kier alpha value is -2.39. The molecule has 0 spiro atoms. The van der Waals surface area contributed by atoms with Crippen molar-refractivity contribution in [1.82, 2.24) is 0 Å². The fraction of sp³-hybridized carbons (Fsp3) is 0.227. The van der Waals surface area contributed by atoms with Gasteiger partial charge in [0.15, 0.2) is 5.78 Å². The van der Waals surface area contributed by atoms with Crippen LogP contribution in [0.5, 0.6) is 0 Å². The number of thiophene rings is 1. The predicted octanol–water partition coefficient (Wildman–Crippen LogP) is 5.88.